The molecule has 0 aromatic heterocycles. The molecule has 8 nitrogen and oxygen atoms in total. The molecule has 23 heavy (non-hydrogen) atoms. The van der Waals surface area contributed by atoms with Crippen molar-refractivity contribution in [3.63, 3.8) is 0 Å². The number of methoxy groups -OCH3 is 2. The SMILES string of the molecule is CCNC(=O)CNC(=O)COC(=O)c1ccc(OC)c(OC)c1. The van der Waals surface area contributed by atoms with E-state index in [1.807, 2.05) is 0 Å². The zero-order valence-corrected chi connectivity index (χ0v) is 13.3. The maximum atomic E-state index is 11.9. The molecule has 0 radical (unpaired) electrons. The van der Waals surface area contributed by atoms with Crippen LogP contribution < -0.4 is 20.1 Å². The highest BCUT2D eigenvalue weighted by Crippen LogP contribution is 2.27. The summed E-state index contributed by atoms with van der Waals surface area (Å²) in [5.74, 6) is -0.706. The Morgan fingerprint density at radius 3 is 2.30 bits per heavy atom. The molecule has 0 aliphatic heterocycles. The van der Waals surface area contributed by atoms with Gasteiger partial charge in [0.25, 0.3) is 5.91 Å². The lowest BCUT2D eigenvalue weighted by molar-refractivity contribution is -0.127. The third-order valence-corrected chi connectivity index (χ3v) is 2.77. The highest BCUT2D eigenvalue weighted by atomic mass is 16.5. The standard InChI is InChI=1S/C15H20N2O6/c1-4-16-13(18)8-17-14(19)9-23-15(20)10-5-6-11(21-2)12(7-10)22-3/h5-7H,4,8-9H2,1-3H3,(H,16,18)(H,17,19). The average Bonchev–Trinajstić information content (AvgIpc) is 2.57. The second kappa shape index (κ2) is 9.29. The Hall–Kier alpha value is -2.77. The van der Waals surface area contributed by atoms with Gasteiger partial charge in [-0.1, -0.05) is 0 Å². The first-order chi connectivity index (χ1) is 11.0. The van der Waals surface area contributed by atoms with E-state index in [-0.39, 0.29) is 18.0 Å². The first kappa shape index (κ1) is 18.3. The molecule has 0 spiro atoms. The predicted molar refractivity (Wildman–Crippen MR) is 81.5 cm³/mol. The van der Waals surface area contributed by atoms with E-state index in [0.29, 0.717) is 18.0 Å². The van der Waals surface area contributed by atoms with Crippen molar-refractivity contribution in [2.75, 3.05) is 33.9 Å². The fourth-order valence-electron chi connectivity index (χ4n) is 1.67. The Balaban J connectivity index is 2.50. The molecule has 126 valence electrons. The smallest absolute Gasteiger partial charge is 0.338 e. The van der Waals surface area contributed by atoms with Crippen LogP contribution in [0.25, 0.3) is 0 Å². The van der Waals surface area contributed by atoms with Crippen molar-refractivity contribution in [1.82, 2.24) is 10.6 Å². The van der Waals surface area contributed by atoms with Gasteiger partial charge in [0.2, 0.25) is 5.91 Å². The predicted octanol–water partition coefficient (Wildman–Crippen LogP) is 0.113. The fraction of sp³-hybridized carbons (Fsp3) is 0.400. The van der Waals surface area contributed by atoms with E-state index in [1.165, 1.54) is 26.4 Å². The lowest BCUT2D eigenvalue weighted by Crippen LogP contribution is -2.38. The van der Waals surface area contributed by atoms with Gasteiger partial charge in [-0.05, 0) is 25.1 Å². The van der Waals surface area contributed by atoms with Gasteiger partial charge in [0.1, 0.15) is 0 Å². The largest absolute Gasteiger partial charge is 0.493 e. The van der Waals surface area contributed by atoms with Gasteiger partial charge in [-0.25, -0.2) is 4.79 Å². The summed E-state index contributed by atoms with van der Waals surface area (Å²) in [4.78, 5) is 34.6. The summed E-state index contributed by atoms with van der Waals surface area (Å²) in [5.41, 5.74) is 0.221. The number of hydrogen-bond acceptors (Lipinski definition) is 6. The number of amides is 2. The van der Waals surface area contributed by atoms with E-state index < -0.39 is 18.5 Å². The number of benzene rings is 1. The normalized spacial score (nSPS) is 9.70. The molecule has 2 amide bonds. The molecule has 0 fully saturated rings. The van der Waals surface area contributed by atoms with E-state index in [4.69, 9.17) is 14.2 Å². The zero-order valence-electron chi connectivity index (χ0n) is 13.3. The zero-order chi connectivity index (χ0) is 17.2. The molecular formula is C15H20N2O6. The first-order valence-electron chi connectivity index (χ1n) is 6.94. The van der Waals surface area contributed by atoms with Gasteiger partial charge in [0, 0.05) is 6.54 Å². The van der Waals surface area contributed by atoms with Gasteiger partial charge in [-0.15, -0.1) is 0 Å². The van der Waals surface area contributed by atoms with E-state index in [0.717, 1.165) is 0 Å². The summed E-state index contributed by atoms with van der Waals surface area (Å²) < 4.78 is 15.0. The second-order valence-corrected chi connectivity index (χ2v) is 4.38. The van der Waals surface area contributed by atoms with Crippen LogP contribution in [0.15, 0.2) is 18.2 Å². The molecule has 0 aliphatic carbocycles. The lowest BCUT2D eigenvalue weighted by Gasteiger charge is -2.10. The van der Waals surface area contributed by atoms with Gasteiger partial charge in [-0.3, -0.25) is 9.59 Å². The summed E-state index contributed by atoms with van der Waals surface area (Å²) in [7, 11) is 2.93. The number of hydrogen-bond donors (Lipinski definition) is 2. The summed E-state index contributed by atoms with van der Waals surface area (Å²) in [6, 6.07) is 4.51. The Bertz CT molecular complexity index is 573. The van der Waals surface area contributed by atoms with Crippen LogP contribution in [0.2, 0.25) is 0 Å². The Morgan fingerprint density at radius 2 is 1.70 bits per heavy atom. The van der Waals surface area contributed by atoms with Crippen LogP contribution in [0, 0.1) is 0 Å². The Labute approximate surface area is 134 Å². The van der Waals surface area contributed by atoms with Gasteiger partial charge in [0.15, 0.2) is 18.1 Å². The van der Waals surface area contributed by atoms with Crippen molar-refractivity contribution in [2.24, 2.45) is 0 Å². The molecule has 1 aromatic carbocycles. The summed E-state index contributed by atoms with van der Waals surface area (Å²) in [5, 5.41) is 4.87. The molecule has 0 atom stereocenters. The van der Waals surface area contributed by atoms with Crippen LogP contribution in [0.3, 0.4) is 0 Å². The van der Waals surface area contributed by atoms with Crippen molar-refractivity contribution in [3.05, 3.63) is 23.8 Å². The molecule has 0 saturated carbocycles. The number of likely N-dealkylation sites (N-methyl/N-ethyl adjacent to an activating group) is 1. The van der Waals surface area contributed by atoms with E-state index >= 15 is 0 Å². The average molecular weight is 324 g/mol. The van der Waals surface area contributed by atoms with E-state index in [1.54, 1.807) is 13.0 Å². The summed E-state index contributed by atoms with van der Waals surface area (Å²) in [6.07, 6.45) is 0. The van der Waals surface area contributed by atoms with E-state index in [2.05, 4.69) is 10.6 Å². The minimum Gasteiger partial charge on any atom is -0.493 e. The van der Waals surface area contributed by atoms with Crippen LogP contribution in [0.4, 0.5) is 0 Å². The second-order valence-electron chi connectivity index (χ2n) is 4.38. The topological polar surface area (TPSA) is 103 Å². The van der Waals surface area contributed by atoms with Crippen LogP contribution >= 0.6 is 0 Å². The molecule has 2 N–H and O–H groups in total. The summed E-state index contributed by atoms with van der Waals surface area (Å²) >= 11 is 0. The van der Waals surface area contributed by atoms with Gasteiger partial charge in [0.05, 0.1) is 26.3 Å². The van der Waals surface area contributed by atoms with Crippen LogP contribution in [-0.2, 0) is 14.3 Å². The third kappa shape index (κ3) is 5.85. The lowest BCUT2D eigenvalue weighted by atomic mass is 10.2. The van der Waals surface area contributed by atoms with Gasteiger partial charge in [-0.2, -0.15) is 0 Å². The number of carbonyl (C=O) groups is 3. The van der Waals surface area contributed by atoms with E-state index in [9.17, 15) is 14.4 Å². The first-order valence-corrected chi connectivity index (χ1v) is 6.94. The molecular weight excluding hydrogens is 304 g/mol. The molecule has 1 rings (SSSR count). The minimum absolute atomic E-state index is 0.166. The molecule has 0 unspecified atom stereocenters. The molecule has 8 heteroatoms. The highest BCUT2D eigenvalue weighted by Gasteiger charge is 2.14. The highest BCUT2D eigenvalue weighted by molar-refractivity contribution is 5.92. The molecule has 0 bridgehead atoms. The van der Waals surface area contributed by atoms with Crippen LogP contribution in [0.1, 0.15) is 17.3 Å². The number of rotatable bonds is 8. The number of nitrogens with one attached hydrogen (secondary N) is 2. The number of carbonyl (C=O) groups excluding carboxylic acids is 3. The number of ether oxygens (including phenoxy) is 3. The Morgan fingerprint density at radius 1 is 1.00 bits per heavy atom. The molecule has 1 aromatic rings. The molecule has 0 aliphatic rings. The van der Waals surface area contributed by atoms with Crippen molar-refractivity contribution in [2.45, 2.75) is 6.92 Å². The summed E-state index contributed by atoms with van der Waals surface area (Å²) in [6.45, 7) is 1.60. The number of esters is 1. The van der Waals surface area contributed by atoms with Gasteiger partial charge >= 0.3 is 5.97 Å². The van der Waals surface area contributed by atoms with Crippen molar-refractivity contribution in [1.29, 1.82) is 0 Å². The van der Waals surface area contributed by atoms with Crippen molar-refractivity contribution < 1.29 is 28.6 Å². The van der Waals surface area contributed by atoms with Crippen LogP contribution in [0.5, 0.6) is 11.5 Å². The maximum Gasteiger partial charge on any atom is 0.338 e. The fourth-order valence-corrected chi connectivity index (χ4v) is 1.67. The monoisotopic (exact) mass is 324 g/mol. The molecule has 0 saturated heterocycles. The Kier molecular flexibility index (Phi) is 7.38. The van der Waals surface area contributed by atoms with Gasteiger partial charge < -0.3 is 24.8 Å². The quantitative estimate of drug-likeness (QED) is 0.658. The van der Waals surface area contributed by atoms with Crippen molar-refractivity contribution >= 4 is 17.8 Å². The third-order valence-electron chi connectivity index (χ3n) is 2.77. The van der Waals surface area contributed by atoms with Crippen LogP contribution in [-0.4, -0.2) is 51.7 Å². The molecule has 0 heterocycles. The van der Waals surface area contributed by atoms with Crippen molar-refractivity contribution in [3.8, 4) is 11.5 Å². The maximum absolute atomic E-state index is 11.9. The minimum atomic E-state index is -0.681.